The second kappa shape index (κ2) is 12.4. The highest BCUT2D eigenvalue weighted by atomic mass is 32.2. The maximum Gasteiger partial charge on any atom is 0.352 e. The molecule has 5 rings (SSSR count). The molecule has 17 nitrogen and oxygen atoms in total. The molecule has 0 bridgehead atoms. The van der Waals surface area contributed by atoms with Gasteiger partial charge in [0, 0.05) is 28.6 Å². The topological polar surface area (TPSA) is 253 Å². The lowest BCUT2D eigenvalue weighted by molar-refractivity contribution is -0.150. The summed E-state index contributed by atoms with van der Waals surface area (Å²) in [5, 5.41) is 31.8. The van der Waals surface area contributed by atoms with E-state index < -0.39 is 40.7 Å². The summed E-state index contributed by atoms with van der Waals surface area (Å²) in [5.74, 6) is 2.24. The van der Waals surface area contributed by atoms with Crippen molar-refractivity contribution in [3.63, 3.8) is 0 Å². The molecule has 0 aliphatic carbocycles. The zero-order valence-corrected chi connectivity index (χ0v) is 25.5. The molecule has 1 unspecified atom stereocenters. The minimum Gasteiger partial charge on any atom is -0.477 e. The minimum atomic E-state index is -1.56. The Balaban J connectivity index is 1.33. The molecule has 3 amide bonds. The first kappa shape index (κ1) is 31.2. The van der Waals surface area contributed by atoms with E-state index in [2.05, 4.69) is 25.5 Å². The average Bonchev–Trinajstić information content (AvgIpc) is 3.63. The van der Waals surface area contributed by atoms with Crippen LogP contribution < -0.4 is 22.3 Å². The van der Waals surface area contributed by atoms with Crippen LogP contribution in [-0.2, 0) is 30.6 Å². The number of carboxylic acid groups (broad SMARTS) is 1. The van der Waals surface area contributed by atoms with E-state index in [1.165, 1.54) is 48.9 Å². The fourth-order valence-corrected chi connectivity index (χ4v) is 7.28. The Bertz CT molecular complexity index is 1720. The van der Waals surface area contributed by atoms with Gasteiger partial charge in [0.25, 0.3) is 17.7 Å². The molecule has 2 aliphatic heterocycles. The van der Waals surface area contributed by atoms with E-state index in [0.717, 1.165) is 16.2 Å². The highest BCUT2D eigenvalue weighted by Crippen LogP contribution is 2.41. The van der Waals surface area contributed by atoms with Crippen molar-refractivity contribution in [2.45, 2.75) is 42.5 Å². The molecule has 2 aliphatic rings. The van der Waals surface area contributed by atoms with Gasteiger partial charge in [-0.05, 0) is 25.5 Å². The lowest BCUT2D eigenvalue weighted by Gasteiger charge is -2.49. The number of aliphatic carboxylic acids is 1. The normalized spacial score (nSPS) is 18.6. The van der Waals surface area contributed by atoms with Crippen molar-refractivity contribution in [2.75, 3.05) is 17.2 Å². The van der Waals surface area contributed by atoms with Crippen molar-refractivity contribution in [3.05, 3.63) is 46.4 Å². The molecule has 3 aromatic rings. The first-order chi connectivity index (χ1) is 21.0. The van der Waals surface area contributed by atoms with Crippen molar-refractivity contribution in [3.8, 4) is 0 Å². The molecule has 0 radical (unpaired) electrons. The monoisotopic (exact) mass is 662 g/mol. The Morgan fingerprint density at radius 3 is 2.77 bits per heavy atom. The number of aromatic nitrogens is 4. The van der Waals surface area contributed by atoms with E-state index in [0.29, 0.717) is 21.8 Å². The molecule has 0 saturated carbocycles. The predicted molar refractivity (Wildman–Crippen MR) is 160 cm³/mol. The number of anilines is 1. The number of nitrogen functional groups attached to an aromatic ring is 1. The Morgan fingerprint density at radius 1 is 1.34 bits per heavy atom. The molecule has 2 atom stereocenters. The summed E-state index contributed by atoms with van der Waals surface area (Å²) in [6, 6.07) is 0.646. The number of nitrogens with two attached hydrogens (primary N) is 2. The first-order valence-electron chi connectivity index (χ1n) is 12.7. The molecule has 232 valence electrons. The number of aliphatic hydroxyl groups is 1. The number of hydrogen-bond donors (Lipinski definition) is 6. The summed E-state index contributed by atoms with van der Waals surface area (Å²) >= 11 is 3.65. The Kier molecular flexibility index (Phi) is 8.79. The second-order valence-corrected chi connectivity index (χ2v) is 12.8. The summed E-state index contributed by atoms with van der Waals surface area (Å²) < 4.78 is 1.55. The number of thioether (sulfide) groups is 2. The van der Waals surface area contributed by atoms with Gasteiger partial charge >= 0.3 is 5.97 Å². The minimum absolute atomic E-state index is 0.0489. The third-order valence-electron chi connectivity index (χ3n) is 6.56. The summed E-state index contributed by atoms with van der Waals surface area (Å²) in [6.45, 7) is 2.53. The van der Waals surface area contributed by atoms with Crippen LogP contribution in [0.4, 0.5) is 5.13 Å². The number of nitrogens with one attached hydrogen (secondary N) is 2. The number of nitrogens with zero attached hydrogens (tertiary/aromatic N) is 6. The first-order valence-corrected chi connectivity index (χ1v) is 15.6. The van der Waals surface area contributed by atoms with Crippen LogP contribution in [0.5, 0.6) is 0 Å². The van der Waals surface area contributed by atoms with Crippen LogP contribution in [0.15, 0.2) is 45.3 Å². The summed E-state index contributed by atoms with van der Waals surface area (Å²) in [6.07, 6.45) is 3.07. The largest absolute Gasteiger partial charge is 0.477 e. The number of amides is 3. The number of carboxylic acids is 1. The average molecular weight is 663 g/mol. The number of thiazole rings is 1. The molecular formula is C24H26N10O7S3. The van der Waals surface area contributed by atoms with Crippen LogP contribution in [-0.4, -0.2) is 92.6 Å². The smallest absolute Gasteiger partial charge is 0.352 e. The molecule has 44 heavy (non-hydrogen) atoms. The fraction of sp³-hybridized carbons (Fsp3) is 0.333. The number of fused-ring (bicyclic) bond motifs is 2. The van der Waals surface area contributed by atoms with Gasteiger partial charge < -0.3 is 26.1 Å². The number of hydrazine groups is 1. The van der Waals surface area contributed by atoms with Crippen molar-refractivity contribution in [2.24, 2.45) is 11.0 Å². The van der Waals surface area contributed by atoms with Crippen LogP contribution >= 0.6 is 34.9 Å². The van der Waals surface area contributed by atoms with Gasteiger partial charge in [-0.15, -0.1) is 34.9 Å². The molecular weight excluding hydrogens is 637 g/mol. The van der Waals surface area contributed by atoms with E-state index in [1.807, 2.05) is 5.43 Å². The molecule has 0 spiro atoms. The van der Waals surface area contributed by atoms with E-state index in [9.17, 15) is 29.4 Å². The summed E-state index contributed by atoms with van der Waals surface area (Å²) in [7, 11) is 0. The lowest BCUT2D eigenvalue weighted by atomic mass is 10.0. The highest BCUT2D eigenvalue weighted by molar-refractivity contribution is 8.01. The SMILES string of the molecule is CC(C)(O/N=C(\C(=O)NC1C(=O)N2C(C(=O)O)=C(CSc3ccnc4c(CO)cnn34)CS[C@H]12)c1csc(N)n1)C(=O)NN. The predicted octanol–water partition coefficient (Wildman–Crippen LogP) is -0.720. The number of oxime groups is 1. The van der Waals surface area contributed by atoms with Gasteiger partial charge in [0.15, 0.2) is 16.5 Å². The zero-order valence-electron chi connectivity index (χ0n) is 23.1. The van der Waals surface area contributed by atoms with E-state index in [-0.39, 0.29) is 40.3 Å². The van der Waals surface area contributed by atoms with E-state index in [4.69, 9.17) is 16.4 Å². The fourth-order valence-electron chi connectivity index (χ4n) is 4.28. The molecule has 5 heterocycles. The van der Waals surface area contributed by atoms with Gasteiger partial charge in [0.1, 0.15) is 27.8 Å². The van der Waals surface area contributed by atoms with Gasteiger partial charge in [0.05, 0.1) is 12.8 Å². The second-order valence-electron chi connectivity index (χ2n) is 9.84. The molecule has 1 saturated heterocycles. The van der Waals surface area contributed by atoms with Crippen LogP contribution in [0.3, 0.4) is 0 Å². The number of β-lactam (4-membered cyclic amide) rings is 1. The maximum absolute atomic E-state index is 13.3. The third-order valence-corrected chi connectivity index (χ3v) is 9.67. The highest BCUT2D eigenvalue weighted by Gasteiger charge is 2.54. The summed E-state index contributed by atoms with van der Waals surface area (Å²) in [4.78, 5) is 65.7. The van der Waals surface area contributed by atoms with E-state index in [1.54, 1.807) is 16.8 Å². The Labute approximate surface area is 261 Å². The summed E-state index contributed by atoms with van der Waals surface area (Å²) in [5.41, 5.74) is 7.21. The number of carbonyl (C=O) groups excluding carboxylic acids is 3. The van der Waals surface area contributed by atoms with Gasteiger partial charge in [-0.3, -0.25) is 24.7 Å². The van der Waals surface area contributed by atoms with Gasteiger partial charge in [-0.2, -0.15) is 5.10 Å². The Morgan fingerprint density at radius 2 is 2.11 bits per heavy atom. The van der Waals surface area contributed by atoms with Crippen LogP contribution in [0.1, 0.15) is 25.1 Å². The van der Waals surface area contributed by atoms with E-state index >= 15 is 0 Å². The third kappa shape index (κ3) is 5.80. The lowest BCUT2D eigenvalue weighted by Crippen LogP contribution is -2.71. The van der Waals surface area contributed by atoms with Crippen molar-refractivity contribution >= 4 is 75.0 Å². The van der Waals surface area contributed by atoms with Gasteiger partial charge in [-0.25, -0.2) is 25.1 Å². The van der Waals surface area contributed by atoms with Crippen LogP contribution in [0.2, 0.25) is 0 Å². The molecule has 20 heteroatoms. The van der Waals surface area contributed by atoms with Gasteiger partial charge in [0.2, 0.25) is 5.60 Å². The number of carbonyl (C=O) groups is 4. The van der Waals surface area contributed by atoms with Crippen molar-refractivity contribution in [1.82, 2.24) is 35.2 Å². The quantitative estimate of drug-likeness (QED) is 0.0282. The van der Waals surface area contributed by atoms with Crippen LogP contribution in [0.25, 0.3) is 5.65 Å². The maximum atomic E-state index is 13.3. The number of rotatable bonds is 11. The zero-order chi connectivity index (χ0) is 31.8. The number of aliphatic hydroxyl groups excluding tert-OH is 1. The molecule has 8 N–H and O–H groups in total. The Hall–Kier alpha value is -4.24. The van der Waals surface area contributed by atoms with Crippen molar-refractivity contribution in [1.29, 1.82) is 0 Å². The van der Waals surface area contributed by atoms with Crippen molar-refractivity contribution < 1.29 is 34.2 Å². The van der Waals surface area contributed by atoms with Gasteiger partial charge in [-0.1, -0.05) is 5.16 Å². The van der Waals surface area contributed by atoms with Crippen LogP contribution in [0, 0.1) is 0 Å². The standard InChI is InChI=1S/C24H26N10O7S3/c1-24(2,22(40)31-26)41-32-14(12-9-44-23(25)29-12)18(36)30-15-19(37)33-16(21(38)39)11(8-43-20(15)33)7-42-13-3-4-27-17-10(6-35)5-28-34(13)17/h3-5,9,15,20,35H,6-8,26H2,1-2H3,(H2,25,29)(H,30,36)(H,31,40)(H,38,39)/b32-14-/t15?,20-/m1/s1. The number of hydrogen-bond acceptors (Lipinski definition) is 15. The molecule has 0 aromatic carbocycles. The molecule has 3 aromatic heterocycles. The molecule has 1 fully saturated rings.